The first-order valence-corrected chi connectivity index (χ1v) is 15.6. The molecule has 1 aliphatic heterocycles. The molecule has 0 bridgehead atoms. The van der Waals surface area contributed by atoms with E-state index in [2.05, 4.69) is 14.9 Å². The van der Waals surface area contributed by atoms with Crippen LogP contribution in [0.1, 0.15) is 42.0 Å². The summed E-state index contributed by atoms with van der Waals surface area (Å²) in [4.78, 5) is 32.3. The highest BCUT2D eigenvalue weighted by Gasteiger charge is 2.43. The van der Waals surface area contributed by atoms with Crippen molar-refractivity contribution in [2.24, 2.45) is 0 Å². The molecule has 13 nitrogen and oxygen atoms in total. The molecule has 1 atom stereocenters. The lowest BCUT2D eigenvalue weighted by Crippen LogP contribution is -2.50. The first kappa shape index (κ1) is 27.9. The Morgan fingerprint density at radius 2 is 1.81 bits per heavy atom. The van der Waals surface area contributed by atoms with Crippen molar-refractivity contribution in [1.82, 2.24) is 14.3 Å². The Kier molecular flexibility index (Phi) is 7.24. The molecule has 1 fully saturated rings. The number of nitro groups is 2. The van der Waals surface area contributed by atoms with E-state index in [-0.39, 0.29) is 0 Å². The maximum absolute atomic E-state index is 14.0. The molecule has 2 aromatic carbocycles. The van der Waals surface area contributed by atoms with E-state index < -0.39 is 49.4 Å². The average molecular weight is 611 g/mol. The van der Waals surface area contributed by atoms with Crippen LogP contribution in [-0.2, 0) is 16.7 Å². The van der Waals surface area contributed by atoms with E-state index in [1.54, 1.807) is 17.7 Å². The molecule has 2 aliphatic rings. The second kappa shape index (κ2) is 10.9. The van der Waals surface area contributed by atoms with E-state index in [1.807, 2.05) is 36.6 Å². The maximum Gasteiger partial charge on any atom is 0.386 e. The molecule has 1 unspecified atom stereocenters. The highest BCUT2D eigenvalue weighted by atomic mass is 32.2. The highest BCUT2D eigenvalue weighted by Crippen LogP contribution is 2.42. The van der Waals surface area contributed by atoms with Gasteiger partial charge in [0.1, 0.15) is 12.1 Å². The normalized spacial score (nSPS) is 17.5. The Hall–Kier alpha value is -4.21. The minimum absolute atomic E-state index is 0.457. The summed E-state index contributed by atoms with van der Waals surface area (Å²) in [5, 5.41) is 24.9. The van der Waals surface area contributed by atoms with Crippen molar-refractivity contribution in [3.63, 3.8) is 0 Å². The monoisotopic (exact) mass is 610 g/mol. The van der Waals surface area contributed by atoms with Crippen molar-refractivity contribution in [2.45, 2.75) is 44.7 Å². The van der Waals surface area contributed by atoms with Gasteiger partial charge in [-0.15, -0.1) is 11.3 Å². The summed E-state index contributed by atoms with van der Waals surface area (Å²) in [7, 11) is -4.59. The molecule has 218 valence electrons. The molecule has 0 radical (unpaired) electrons. The van der Waals surface area contributed by atoms with E-state index in [9.17, 15) is 28.6 Å². The standard InChI is InChI=1S/C27H26N6O7S2/c1-17-15-41-26-25(17)28-16-29-27(26)30-12-10-19(11-13-30)31(22-8-6-18-4-2-3-5-21(18)22)42(38,39)40-24-9-7-20(32(34)35)14-23(24)33(36)37/h2-5,7,9,14-16,19,22H,6,8,10-13H2,1H3. The van der Waals surface area contributed by atoms with E-state index in [1.165, 1.54) is 4.31 Å². The number of piperidine rings is 1. The largest absolute Gasteiger partial charge is 0.386 e. The molecule has 6 rings (SSSR count). The molecule has 15 heteroatoms. The van der Waals surface area contributed by atoms with Crippen LogP contribution in [0.25, 0.3) is 10.2 Å². The number of aromatic nitrogens is 2. The van der Waals surface area contributed by atoms with Crippen LogP contribution in [0.2, 0.25) is 0 Å². The van der Waals surface area contributed by atoms with E-state index in [0.29, 0.717) is 44.8 Å². The Labute approximate surface area is 244 Å². The zero-order chi connectivity index (χ0) is 29.6. The number of benzene rings is 2. The molecule has 1 aliphatic carbocycles. The smallest absolute Gasteiger partial charge is 0.363 e. The number of anilines is 1. The summed E-state index contributed by atoms with van der Waals surface area (Å²) in [6, 6.07) is 9.30. The third-order valence-electron chi connectivity index (χ3n) is 7.85. The Bertz CT molecular complexity index is 1800. The van der Waals surface area contributed by atoms with Crippen LogP contribution in [0.5, 0.6) is 5.75 Å². The number of nitrogens with zero attached hydrogens (tertiary/aromatic N) is 6. The molecular formula is C27H26N6O7S2. The molecule has 3 heterocycles. The van der Waals surface area contributed by atoms with Crippen LogP contribution in [0.3, 0.4) is 0 Å². The first-order chi connectivity index (χ1) is 20.1. The van der Waals surface area contributed by atoms with Gasteiger partial charge in [0.2, 0.25) is 5.75 Å². The lowest BCUT2D eigenvalue weighted by atomic mass is 10.0. The average Bonchev–Trinajstić information content (AvgIpc) is 3.57. The third kappa shape index (κ3) is 5.03. The summed E-state index contributed by atoms with van der Waals surface area (Å²) < 4.78 is 35.8. The Morgan fingerprint density at radius 1 is 1.05 bits per heavy atom. The predicted molar refractivity (Wildman–Crippen MR) is 156 cm³/mol. The molecular weight excluding hydrogens is 584 g/mol. The van der Waals surface area contributed by atoms with Gasteiger partial charge in [-0.25, -0.2) is 9.97 Å². The van der Waals surface area contributed by atoms with Gasteiger partial charge in [-0.05, 0) is 60.7 Å². The number of thiophene rings is 1. The minimum Gasteiger partial charge on any atom is -0.363 e. The fourth-order valence-electron chi connectivity index (χ4n) is 5.90. The van der Waals surface area contributed by atoms with Gasteiger partial charge < -0.3 is 9.08 Å². The van der Waals surface area contributed by atoms with Gasteiger partial charge in [-0.3, -0.25) is 20.2 Å². The fourth-order valence-corrected chi connectivity index (χ4v) is 8.47. The highest BCUT2D eigenvalue weighted by molar-refractivity contribution is 7.84. The molecule has 0 amide bonds. The van der Waals surface area contributed by atoms with Gasteiger partial charge in [0.15, 0.2) is 0 Å². The van der Waals surface area contributed by atoms with Gasteiger partial charge in [0, 0.05) is 25.2 Å². The van der Waals surface area contributed by atoms with Crippen LogP contribution in [0, 0.1) is 27.2 Å². The molecule has 0 spiro atoms. The van der Waals surface area contributed by atoms with Crippen molar-refractivity contribution in [2.75, 3.05) is 18.0 Å². The number of hydrogen-bond donors (Lipinski definition) is 0. The Morgan fingerprint density at radius 3 is 2.55 bits per heavy atom. The fraction of sp³-hybridized carbons (Fsp3) is 0.333. The van der Waals surface area contributed by atoms with E-state index in [0.717, 1.165) is 44.9 Å². The minimum atomic E-state index is -4.59. The van der Waals surface area contributed by atoms with E-state index in [4.69, 9.17) is 4.18 Å². The second-order valence-electron chi connectivity index (χ2n) is 10.3. The van der Waals surface area contributed by atoms with Gasteiger partial charge in [0.25, 0.3) is 5.69 Å². The second-order valence-corrected chi connectivity index (χ2v) is 12.6. The third-order valence-corrected chi connectivity index (χ3v) is 10.4. The topological polar surface area (TPSA) is 162 Å². The predicted octanol–water partition coefficient (Wildman–Crippen LogP) is 5.10. The zero-order valence-electron chi connectivity index (χ0n) is 22.5. The quantitative estimate of drug-likeness (QED) is 0.194. The molecule has 0 N–H and O–H groups in total. The number of fused-ring (bicyclic) bond motifs is 2. The van der Waals surface area contributed by atoms with Gasteiger partial charge >= 0.3 is 16.0 Å². The summed E-state index contributed by atoms with van der Waals surface area (Å²) in [5.41, 5.74) is 2.54. The van der Waals surface area contributed by atoms with Crippen molar-refractivity contribution >= 4 is 49.1 Å². The number of rotatable bonds is 8. The molecule has 42 heavy (non-hydrogen) atoms. The summed E-state index contributed by atoms with van der Waals surface area (Å²) in [6.45, 7) is 3.07. The van der Waals surface area contributed by atoms with E-state index >= 15 is 0 Å². The SMILES string of the molecule is Cc1csc2c(N3CCC(N(C4CCc5ccccc54)S(=O)(=O)Oc4ccc([N+](=O)[O-])cc4[N+](=O)[O-])CC3)ncnc12. The lowest BCUT2D eigenvalue weighted by Gasteiger charge is -2.40. The lowest BCUT2D eigenvalue weighted by molar-refractivity contribution is -0.394. The molecule has 1 saturated heterocycles. The van der Waals surface area contributed by atoms with Crippen molar-refractivity contribution in [3.8, 4) is 5.75 Å². The molecule has 4 aromatic rings. The Balaban J connectivity index is 1.33. The van der Waals surface area contributed by atoms with Crippen LogP contribution in [-0.4, -0.2) is 51.7 Å². The molecule has 2 aromatic heterocycles. The van der Waals surface area contributed by atoms with Crippen LogP contribution in [0.4, 0.5) is 17.2 Å². The number of hydrogen-bond acceptors (Lipinski definition) is 11. The van der Waals surface area contributed by atoms with Crippen molar-refractivity contribution < 1.29 is 22.4 Å². The van der Waals surface area contributed by atoms with Gasteiger partial charge in [0.05, 0.1) is 32.2 Å². The summed E-state index contributed by atoms with van der Waals surface area (Å²) >= 11 is 1.58. The first-order valence-electron chi connectivity index (χ1n) is 13.3. The van der Waals surface area contributed by atoms with Crippen LogP contribution >= 0.6 is 11.3 Å². The van der Waals surface area contributed by atoms with Crippen molar-refractivity contribution in [3.05, 3.63) is 91.1 Å². The van der Waals surface area contributed by atoms with Gasteiger partial charge in [-0.1, -0.05) is 24.3 Å². The number of aryl methyl sites for hydroxylation is 2. The number of non-ortho nitro benzene ring substituents is 1. The zero-order valence-corrected chi connectivity index (χ0v) is 24.1. The van der Waals surface area contributed by atoms with Crippen molar-refractivity contribution in [1.29, 1.82) is 0 Å². The van der Waals surface area contributed by atoms with Gasteiger partial charge in [-0.2, -0.15) is 12.7 Å². The summed E-state index contributed by atoms with van der Waals surface area (Å²) in [5.74, 6) is 0.241. The number of nitro benzene ring substituents is 2. The van der Waals surface area contributed by atoms with Crippen LogP contribution in [0.15, 0.2) is 54.2 Å². The van der Waals surface area contributed by atoms with Crippen LogP contribution < -0.4 is 9.08 Å². The molecule has 0 saturated carbocycles. The maximum atomic E-state index is 14.0. The summed E-state index contributed by atoms with van der Waals surface area (Å²) in [6.07, 6.45) is 3.70.